The number of aromatic nitrogens is 5. The molecule has 0 bridgehead atoms. The summed E-state index contributed by atoms with van der Waals surface area (Å²) in [6.07, 6.45) is 2.49. The normalized spacial score (nSPS) is 17.3. The molecule has 0 aromatic carbocycles. The van der Waals surface area contributed by atoms with E-state index in [1.807, 2.05) is 11.6 Å². The van der Waals surface area contributed by atoms with Crippen molar-refractivity contribution in [3.63, 3.8) is 0 Å². The van der Waals surface area contributed by atoms with Crippen LogP contribution in [0.15, 0.2) is 0 Å². The average molecular weight is 305 g/mol. The van der Waals surface area contributed by atoms with Gasteiger partial charge in [-0.25, -0.2) is 14.3 Å². The van der Waals surface area contributed by atoms with Gasteiger partial charge in [-0.2, -0.15) is 10.2 Å². The Morgan fingerprint density at radius 2 is 2.23 bits per heavy atom. The quantitative estimate of drug-likeness (QED) is 0.672. The highest BCUT2D eigenvalue weighted by molar-refractivity contribution is 5.59. The summed E-state index contributed by atoms with van der Waals surface area (Å²) in [5, 5.41) is 23.1. The third-order valence-electron chi connectivity index (χ3n) is 3.93. The number of anilines is 1. The van der Waals surface area contributed by atoms with Crippen molar-refractivity contribution in [1.82, 2.24) is 24.5 Å². The predicted octanol–water partition coefficient (Wildman–Crippen LogP) is 1.22. The molecular weight excluding hydrogens is 286 g/mol. The van der Waals surface area contributed by atoms with E-state index in [2.05, 4.69) is 20.5 Å². The molecule has 1 unspecified atom stereocenters. The number of hydrogen-bond acceptors (Lipinski definition) is 6. The molecule has 1 atom stereocenters. The van der Waals surface area contributed by atoms with Crippen LogP contribution in [0.2, 0.25) is 0 Å². The Morgan fingerprint density at radius 1 is 1.45 bits per heavy atom. The summed E-state index contributed by atoms with van der Waals surface area (Å²) < 4.78 is 3.43. The highest BCUT2D eigenvalue weighted by Gasteiger charge is 2.28. The second-order valence-corrected chi connectivity index (χ2v) is 5.52. The Kier molecular flexibility index (Phi) is 3.55. The number of hydrogen-bond donors (Lipinski definition) is 1. The summed E-state index contributed by atoms with van der Waals surface area (Å²) in [4.78, 5) is 15.3. The molecule has 1 N–H and O–H groups in total. The maximum absolute atomic E-state index is 11.2. The number of aryl methyl sites for hydroxylation is 4. The Hall–Kier alpha value is -2.45. The fraction of sp³-hybridized carbons (Fsp3) is 0.615. The maximum Gasteiger partial charge on any atom is 0.333 e. The van der Waals surface area contributed by atoms with Crippen LogP contribution in [0.1, 0.15) is 30.7 Å². The highest BCUT2D eigenvalue weighted by Crippen LogP contribution is 2.29. The summed E-state index contributed by atoms with van der Waals surface area (Å²) in [7, 11) is 1.71. The first-order chi connectivity index (χ1) is 10.5. The molecule has 3 rings (SSSR count). The molecule has 1 aliphatic heterocycles. The van der Waals surface area contributed by atoms with Gasteiger partial charge < -0.3 is 5.32 Å². The minimum Gasteiger partial charge on any atom is -0.360 e. The Bertz CT molecular complexity index is 718. The molecule has 0 saturated heterocycles. The van der Waals surface area contributed by atoms with Crippen molar-refractivity contribution in [2.75, 3.05) is 5.32 Å². The van der Waals surface area contributed by atoms with Crippen molar-refractivity contribution in [1.29, 1.82) is 0 Å². The second kappa shape index (κ2) is 5.39. The molecular formula is C13H19N7O2. The fourth-order valence-corrected chi connectivity index (χ4v) is 2.85. The first-order valence-corrected chi connectivity index (χ1v) is 7.36. The average Bonchev–Trinajstić information content (AvgIpc) is 2.99. The zero-order valence-corrected chi connectivity index (χ0v) is 12.9. The summed E-state index contributed by atoms with van der Waals surface area (Å²) in [5.41, 5.74) is 0.460. The lowest BCUT2D eigenvalue weighted by Crippen LogP contribution is -2.32. The van der Waals surface area contributed by atoms with Gasteiger partial charge in [0, 0.05) is 25.9 Å². The minimum absolute atomic E-state index is 0.0427. The van der Waals surface area contributed by atoms with E-state index in [-0.39, 0.29) is 16.7 Å². The molecule has 3 heterocycles. The largest absolute Gasteiger partial charge is 0.360 e. The van der Waals surface area contributed by atoms with Gasteiger partial charge in [0.15, 0.2) is 5.82 Å². The van der Waals surface area contributed by atoms with Crippen molar-refractivity contribution in [2.45, 2.75) is 45.7 Å². The third kappa shape index (κ3) is 2.42. The van der Waals surface area contributed by atoms with Gasteiger partial charge in [-0.05, 0) is 13.3 Å². The lowest BCUT2D eigenvalue weighted by atomic mass is 10.1. The zero-order chi connectivity index (χ0) is 15.9. The Balaban J connectivity index is 1.82. The molecule has 2 aromatic rings. The number of nitrogens with zero attached hydrogens (tertiary/aromatic N) is 6. The van der Waals surface area contributed by atoms with Crippen LogP contribution < -0.4 is 5.32 Å². The van der Waals surface area contributed by atoms with Gasteiger partial charge >= 0.3 is 5.69 Å². The van der Waals surface area contributed by atoms with E-state index in [0.717, 1.165) is 30.9 Å². The van der Waals surface area contributed by atoms with Crippen molar-refractivity contribution < 1.29 is 4.92 Å². The van der Waals surface area contributed by atoms with E-state index >= 15 is 0 Å². The summed E-state index contributed by atoms with van der Waals surface area (Å²) >= 11 is 0. The lowest BCUT2D eigenvalue weighted by molar-refractivity contribution is -0.384. The molecule has 9 nitrogen and oxygen atoms in total. The van der Waals surface area contributed by atoms with Gasteiger partial charge in [-0.3, -0.25) is 10.1 Å². The van der Waals surface area contributed by atoms with Crippen LogP contribution in [0.25, 0.3) is 0 Å². The number of rotatable bonds is 4. The molecule has 0 radical (unpaired) electrons. The molecule has 0 spiro atoms. The monoisotopic (exact) mass is 305 g/mol. The number of nitrogens with one attached hydrogen (secondary N) is 1. The van der Waals surface area contributed by atoms with Gasteiger partial charge in [0.2, 0.25) is 5.82 Å². The van der Waals surface area contributed by atoms with Crippen LogP contribution in [0, 0.1) is 17.0 Å². The molecule has 0 saturated carbocycles. The molecule has 0 amide bonds. The van der Waals surface area contributed by atoms with E-state index in [0.29, 0.717) is 18.1 Å². The van der Waals surface area contributed by atoms with Crippen LogP contribution >= 0.6 is 0 Å². The third-order valence-corrected chi connectivity index (χ3v) is 3.93. The Labute approximate surface area is 127 Å². The van der Waals surface area contributed by atoms with Crippen molar-refractivity contribution in [2.24, 2.45) is 7.05 Å². The molecule has 0 aliphatic carbocycles. The van der Waals surface area contributed by atoms with Gasteiger partial charge in [-0.15, -0.1) is 0 Å². The van der Waals surface area contributed by atoms with Crippen LogP contribution in [-0.4, -0.2) is 35.5 Å². The van der Waals surface area contributed by atoms with Crippen LogP contribution in [0.4, 0.5) is 11.5 Å². The van der Waals surface area contributed by atoms with E-state index < -0.39 is 0 Å². The van der Waals surface area contributed by atoms with Crippen molar-refractivity contribution >= 4 is 11.5 Å². The fourth-order valence-electron chi connectivity index (χ4n) is 2.85. The first kappa shape index (κ1) is 14.5. The van der Waals surface area contributed by atoms with Gasteiger partial charge in [-0.1, -0.05) is 6.92 Å². The number of nitro groups is 1. The SMILES string of the molecule is CCc1nc2n(n1)CC(Nc1c([N+](=O)[O-])c(C)nn1C)CC2. The van der Waals surface area contributed by atoms with Crippen LogP contribution in [0.3, 0.4) is 0 Å². The maximum atomic E-state index is 11.2. The summed E-state index contributed by atoms with van der Waals surface area (Å²) in [5.74, 6) is 2.29. The number of fused-ring (bicyclic) bond motifs is 1. The van der Waals surface area contributed by atoms with Crippen LogP contribution in [0.5, 0.6) is 0 Å². The second-order valence-electron chi connectivity index (χ2n) is 5.52. The summed E-state index contributed by atoms with van der Waals surface area (Å²) in [6, 6.07) is 0.0763. The standard InChI is InChI=1S/C13H19N7O2/c1-4-10-15-11-6-5-9(7-19(11)17-10)14-13-12(20(21)22)8(2)16-18(13)3/h9,14H,4-7H2,1-3H3. The minimum atomic E-state index is -0.385. The zero-order valence-electron chi connectivity index (χ0n) is 12.9. The lowest BCUT2D eigenvalue weighted by Gasteiger charge is -2.23. The topological polar surface area (TPSA) is 104 Å². The molecule has 22 heavy (non-hydrogen) atoms. The van der Waals surface area contributed by atoms with E-state index in [1.165, 1.54) is 4.68 Å². The van der Waals surface area contributed by atoms with Crippen molar-refractivity contribution in [3.8, 4) is 0 Å². The molecule has 2 aromatic heterocycles. The summed E-state index contributed by atoms with van der Waals surface area (Å²) in [6.45, 7) is 4.33. The van der Waals surface area contributed by atoms with Gasteiger partial charge in [0.05, 0.1) is 11.5 Å². The van der Waals surface area contributed by atoms with Gasteiger partial charge in [0.25, 0.3) is 0 Å². The molecule has 9 heteroatoms. The van der Waals surface area contributed by atoms with Crippen molar-refractivity contribution in [3.05, 3.63) is 27.5 Å². The molecule has 118 valence electrons. The molecule has 1 aliphatic rings. The van der Waals surface area contributed by atoms with E-state index in [9.17, 15) is 10.1 Å². The van der Waals surface area contributed by atoms with E-state index in [4.69, 9.17) is 0 Å². The smallest absolute Gasteiger partial charge is 0.333 e. The van der Waals surface area contributed by atoms with Crippen LogP contribution in [-0.2, 0) is 26.4 Å². The van der Waals surface area contributed by atoms with Gasteiger partial charge in [0.1, 0.15) is 11.5 Å². The predicted molar refractivity (Wildman–Crippen MR) is 79.7 cm³/mol. The molecule has 0 fully saturated rings. The van der Waals surface area contributed by atoms with E-state index in [1.54, 1.807) is 14.0 Å². The Morgan fingerprint density at radius 3 is 2.91 bits per heavy atom. The highest BCUT2D eigenvalue weighted by atomic mass is 16.6. The first-order valence-electron chi connectivity index (χ1n) is 7.36.